The lowest BCUT2D eigenvalue weighted by atomic mass is 10.0. The minimum atomic E-state index is -3.52. The molecular formula is C15H22N2O3S. The van der Waals surface area contributed by atoms with Crippen LogP contribution in [0, 0.1) is 5.92 Å². The summed E-state index contributed by atoms with van der Waals surface area (Å²) in [5, 5.41) is 0. The summed E-state index contributed by atoms with van der Waals surface area (Å²) in [6.07, 6.45) is 3.14. The van der Waals surface area contributed by atoms with Gasteiger partial charge in [-0.05, 0) is 50.4 Å². The Morgan fingerprint density at radius 1 is 1.29 bits per heavy atom. The molecule has 0 aromatic heterocycles. The van der Waals surface area contributed by atoms with E-state index >= 15 is 0 Å². The molecule has 1 unspecified atom stereocenters. The average molecular weight is 310 g/mol. The molecule has 0 bridgehead atoms. The maximum atomic E-state index is 12.5. The summed E-state index contributed by atoms with van der Waals surface area (Å²) in [7, 11) is -2.16. The summed E-state index contributed by atoms with van der Waals surface area (Å²) in [6, 6.07) is 6.22. The van der Waals surface area contributed by atoms with Crippen molar-refractivity contribution in [3.05, 3.63) is 29.8 Å². The summed E-state index contributed by atoms with van der Waals surface area (Å²) in [5.74, 6) is 0.552. The highest BCUT2D eigenvalue weighted by Crippen LogP contribution is 2.19. The van der Waals surface area contributed by atoms with E-state index in [0.717, 1.165) is 32.4 Å². The molecule has 1 N–H and O–H groups in total. The van der Waals surface area contributed by atoms with Crippen molar-refractivity contribution in [3.63, 3.8) is 0 Å². The van der Waals surface area contributed by atoms with Crippen LogP contribution in [-0.2, 0) is 10.0 Å². The number of benzene rings is 1. The number of carbonyl (C=O) groups is 1. The minimum Gasteiger partial charge on any atom is -0.339 e. The van der Waals surface area contributed by atoms with E-state index in [1.54, 1.807) is 12.1 Å². The Labute approximate surface area is 126 Å². The van der Waals surface area contributed by atoms with Gasteiger partial charge in [0.05, 0.1) is 4.90 Å². The number of hydrogen-bond acceptors (Lipinski definition) is 3. The van der Waals surface area contributed by atoms with Gasteiger partial charge in [0, 0.05) is 18.7 Å². The van der Waals surface area contributed by atoms with Gasteiger partial charge in [-0.25, -0.2) is 13.1 Å². The van der Waals surface area contributed by atoms with E-state index in [1.807, 2.05) is 4.90 Å². The first kappa shape index (κ1) is 16.0. The fourth-order valence-electron chi connectivity index (χ4n) is 2.56. The first-order chi connectivity index (χ1) is 9.94. The van der Waals surface area contributed by atoms with Crippen LogP contribution in [0.5, 0.6) is 0 Å². The van der Waals surface area contributed by atoms with Crippen molar-refractivity contribution in [2.45, 2.75) is 31.1 Å². The predicted octanol–water partition coefficient (Wildman–Crippen LogP) is 1.86. The smallest absolute Gasteiger partial charge is 0.253 e. The molecule has 1 aromatic carbocycles. The molecule has 1 saturated heterocycles. The van der Waals surface area contributed by atoms with Gasteiger partial charge in [-0.1, -0.05) is 13.0 Å². The summed E-state index contributed by atoms with van der Waals surface area (Å²) in [6.45, 7) is 3.68. The lowest BCUT2D eigenvalue weighted by molar-refractivity contribution is 0.0760. The highest BCUT2D eigenvalue weighted by molar-refractivity contribution is 7.89. The largest absolute Gasteiger partial charge is 0.339 e. The monoisotopic (exact) mass is 310 g/mol. The number of amides is 1. The van der Waals surface area contributed by atoms with E-state index in [9.17, 15) is 13.2 Å². The zero-order valence-electron chi connectivity index (χ0n) is 12.5. The maximum Gasteiger partial charge on any atom is 0.253 e. The lowest BCUT2D eigenvalue weighted by Gasteiger charge is -2.20. The molecule has 0 radical (unpaired) electrons. The number of carbonyl (C=O) groups excluding carboxylic acids is 1. The Kier molecular flexibility index (Phi) is 5.00. The van der Waals surface area contributed by atoms with E-state index in [0.29, 0.717) is 11.5 Å². The summed E-state index contributed by atoms with van der Waals surface area (Å²) in [4.78, 5) is 14.5. The fourth-order valence-corrected chi connectivity index (χ4v) is 3.34. The third-order valence-electron chi connectivity index (χ3n) is 3.96. The SMILES string of the molecule is CNS(=O)(=O)c1cccc(C(=O)N2CCCC(C)CC2)c1. The molecule has 1 amide bonds. The molecule has 0 spiro atoms. The quantitative estimate of drug-likeness (QED) is 0.926. The molecule has 1 aromatic rings. The van der Waals surface area contributed by atoms with Gasteiger partial charge in [-0.15, -0.1) is 0 Å². The van der Waals surface area contributed by atoms with Crippen molar-refractivity contribution in [3.8, 4) is 0 Å². The van der Waals surface area contributed by atoms with Crippen molar-refractivity contribution in [2.24, 2.45) is 5.92 Å². The third kappa shape index (κ3) is 3.83. The van der Waals surface area contributed by atoms with Crippen molar-refractivity contribution in [2.75, 3.05) is 20.1 Å². The summed E-state index contributed by atoms with van der Waals surface area (Å²) < 4.78 is 25.9. The van der Waals surface area contributed by atoms with Crippen molar-refractivity contribution < 1.29 is 13.2 Å². The topological polar surface area (TPSA) is 66.5 Å². The molecule has 21 heavy (non-hydrogen) atoms. The Hall–Kier alpha value is -1.40. The highest BCUT2D eigenvalue weighted by Gasteiger charge is 2.21. The van der Waals surface area contributed by atoms with E-state index in [2.05, 4.69) is 11.6 Å². The third-order valence-corrected chi connectivity index (χ3v) is 5.38. The predicted molar refractivity (Wildman–Crippen MR) is 81.6 cm³/mol. The standard InChI is InChI=1S/C15H22N2O3S/c1-12-5-4-9-17(10-8-12)15(18)13-6-3-7-14(11-13)21(19,20)16-2/h3,6-7,11-12,16H,4-5,8-10H2,1-2H3. The molecule has 2 rings (SSSR count). The minimum absolute atomic E-state index is 0.0859. The second kappa shape index (κ2) is 6.58. The zero-order valence-corrected chi connectivity index (χ0v) is 13.3. The van der Waals surface area contributed by atoms with E-state index < -0.39 is 10.0 Å². The van der Waals surface area contributed by atoms with Gasteiger partial charge in [0.25, 0.3) is 5.91 Å². The normalized spacial score (nSPS) is 20.1. The van der Waals surface area contributed by atoms with E-state index in [4.69, 9.17) is 0 Å². The van der Waals surface area contributed by atoms with Crippen molar-refractivity contribution >= 4 is 15.9 Å². The van der Waals surface area contributed by atoms with Crippen LogP contribution in [0.3, 0.4) is 0 Å². The zero-order chi connectivity index (χ0) is 15.5. The van der Waals surface area contributed by atoms with Crippen LogP contribution < -0.4 is 4.72 Å². The van der Waals surface area contributed by atoms with Crippen molar-refractivity contribution in [1.82, 2.24) is 9.62 Å². The number of sulfonamides is 1. The summed E-state index contributed by atoms with van der Waals surface area (Å²) in [5.41, 5.74) is 0.431. The van der Waals surface area contributed by atoms with Crippen LogP contribution in [0.25, 0.3) is 0 Å². The van der Waals surface area contributed by atoms with Crippen LogP contribution >= 0.6 is 0 Å². The average Bonchev–Trinajstić information content (AvgIpc) is 2.71. The molecule has 1 atom stereocenters. The molecule has 0 saturated carbocycles. The van der Waals surface area contributed by atoms with Gasteiger partial charge >= 0.3 is 0 Å². The molecule has 1 heterocycles. The Morgan fingerprint density at radius 2 is 2.05 bits per heavy atom. The molecule has 1 aliphatic heterocycles. The summed E-state index contributed by atoms with van der Waals surface area (Å²) >= 11 is 0. The molecule has 5 nitrogen and oxygen atoms in total. The van der Waals surface area contributed by atoms with Crippen LogP contribution in [0.4, 0.5) is 0 Å². The van der Waals surface area contributed by atoms with Crippen LogP contribution in [0.15, 0.2) is 29.2 Å². The number of nitrogens with zero attached hydrogens (tertiary/aromatic N) is 1. The van der Waals surface area contributed by atoms with Gasteiger partial charge in [0.2, 0.25) is 10.0 Å². The van der Waals surface area contributed by atoms with Crippen LogP contribution in [0.1, 0.15) is 36.5 Å². The first-order valence-corrected chi connectivity index (χ1v) is 8.75. The molecule has 1 aliphatic rings. The molecule has 0 aliphatic carbocycles. The molecular weight excluding hydrogens is 288 g/mol. The Morgan fingerprint density at radius 3 is 2.76 bits per heavy atom. The number of nitrogens with one attached hydrogen (secondary N) is 1. The molecule has 6 heteroatoms. The first-order valence-electron chi connectivity index (χ1n) is 7.27. The van der Waals surface area contributed by atoms with E-state index in [1.165, 1.54) is 19.2 Å². The number of rotatable bonds is 3. The van der Waals surface area contributed by atoms with Crippen molar-refractivity contribution in [1.29, 1.82) is 0 Å². The Bertz CT molecular complexity index is 613. The van der Waals surface area contributed by atoms with Crippen LogP contribution in [0.2, 0.25) is 0 Å². The second-order valence-electron chi connectivity index (χ2n) is 5.56. The van der Waals surface area contributed by atoms with Gasteiger partial charge in [-0.3, -0.25) is 4.79 Å². The van der Waals surface area contributed by atoms with Gasteiger partial charge in [-0.2, -0.15) is 0 Å². The lowest BCUT2D eigenvalue weighted by Crippen LogP contribution is -2.32. The van der Waals surface area contributed by atoms with Gasteiger partial charge in [0.1, 0.15) is 0 Å². The number of likely N-dealkylation sites (tertiary alicyclic amines) is 1. The Balaban J connectivity index is 2.21. The highest BCUT2D eigenvalue weighted by atomic mass is 32.2. The van der Waals surface area contributed by atoms with Gasteiger partial charge in [0.15, 0.2) is 0 Å². The number of hydrogen-bond donors (Lipinski definition) is 1. The second-order valence-corrected chi connectivity index (χ2v) is 7.45. The van der Waals surface area contributed by atoms with Crippen LogP contribution in [-0.4, -0.2) is 39.4 Å². The maximum absolute atomic E-state index is 12.5. The fraction of sp³-hybridized carbons (Fsp3) is 0.533. The van der Waals surface area contributed by atoms with E-state index in [-0.39, 0.29) is 10.8 Å². The van der Waals surface area contributed by atoms with Gasteiger partial charge < -0.3 is 4.90 Å². The molecule has 1 fully saturated rings. The molecule has 116 valence electrons.